The first-order chi connectivity index (χ1) is 11.8. The van der Waals surface area contributed by atoms with Crippen LogP contribution in [-0.4, -0.2) is 51.3 Å². The van der Waals surface area contributed by atoms with Gasteiger partial charge in [-0.3, -0.25) is 4.90 Å². The largest absolute Gasteiger partial charge is 0.375 e. The SMILES string of the molecule is Cn1cncc1CN1CCO[C@@H]2[C@@H](COCc3nccs3)CC[C@H]21. The Morgan fingerprint density at radius 1 is 1.42 bits per heavy atom. The van der Waals surface area contributed by atoms with E-state index in [0.717, 1.165) is 31.3 Å². The molecule has 2 aliphatic rings. The summed E-state index contributed by atoms with van der Waals surface area (Å²) in [6.45, 7) is 4.14. The Balaban J connectivity index is 1.33. The third kappa shape index (κ3) is 3.39. The number of aromatic nitrogens is 3. The highest BCUT2D eigenvalue weighted by molar-refractivity contribution is 7.09. The Hall–Kier alpha value is -1.28. The number of morpholine rings is 1. The maximum Gasteiger partial charge on any atom is 0.118 e. The van der Waals surface area contributed by atoms with Crippen molar-refractivity contribution in [1.82, 2.24) is 19.4 Å². The van der Waals surface area contributed by atoms with E-state index in [4.69, 9.17) is 9.47 Å². The first kappa shape index (κ1) is 16.2. The average Bonchev–Trinajstić information content (AvgIpc) is 3.31. The van der Waals surface area contributed by atoms with Crippen molar-refractivity contribution in [3.05, 3.63) is 34.8 Å². The summed E-state index contributed by atoms with van der Waals surface area (Å²) in [5.41, 5.74) is 1.26. The third-order valence-corrected chi connectivity index (χ3v) is 5.91. The van der Waals surface area contributed by atoms with Crippen molar-refractivity contribution in [3.63, 3.8) is 0 Å². The summed E-state index contributed by atoms with van der Waals surface area (Å²) in [4.78, 5) is 11.1. The predicted molar refractivity (Wildman–Crippen MR) is 91.6 cm³/mol. The summed E-state index contributed by atoms with van der Waals surface area (Å²) in [5, 5.41) is 3.04. The van der Waals surface area contributed by atoms with Gasteiger partial charge in [-0.1, -0.05) is 0 Å². The fraction of sp³-hybridized carbons (Fsp3) is 0.647. The molecule has 0 unspecified atom stereocenters. The van der Waals surface area contributed by atoms with Crippen LogP contribution in [0.5, 0.6) is 0 Å². The molecule has 2 fully saturated rings. The zero-order valence-corrected chi connectivity index (χ0v) is 14.8. The minimum absolute atomic E-state index is 0.295. The van der Waals surface area contributed by atoms with Crippen LogP contribution in [0.3, 0.4) is 0 Å². The molecule has 0 aromatic carbocycles. The van der Waals surface area contributed by atoms with Gasteiger partial charge in [0, 0.05) is 49.9 Å². The van der Waals surface area contributed by atoms with Gasteiger partial charge in [-0.2, -0.15) is 0 Å². The van der Waals surface area contributed by atoms with E-state index < -0.39 is 0 Å². The molecule has 7 heteroatoms. The molecule has 2 aromatic heterocycles. The first-order valence-corrected chi connectivity index (χ1v) is 9.46. The molecule has 1 aliphatic carbocycles. The van der Waals surface area contributed by atoms with Crippen molar-refractivity contribution in [2.45, 2.75) is 38.1 Å². The van der Waals surface area contributed by atoms with E-state index in [1.54, 1.807) is 11.3 Å². The minimum Gasteiger partial charge on any atom is -0.375 e. The number of fused-ring (bicyclic) bond motifs is 1. The lowest BCUT2D eigenvalue weighted by molar-refractivity contribution is -0.0895. The van der Waals surface area contributed by atoms with E-state index in [2.05, 4.69) is 26.5 Å². The highest BCUT2D eigenvalue weighted by atomic mass is 32.1. The molecule has 130 valence electrons. The lowest BCUT2D eigenvalue weighted by Crippen LogP contribution is -2.50. The van der Waals surface area contributed by atoms with E-state index >= 15 is 0 Å². The van der Waals surface area contributed by atoms with Crippen LogP contribution in [0.15, 0.2) is 24.1 Å². The second-order valence-electron chi connectivity index (χ2n) is 6.65. The van der Waals surface area contributed by atoms with Gasteiger partial charge in [0.05, 0.1) is 37.9 Å². The zero-order chi connectivity index (χ0) is 16.4. The fourth-order valence-corrected chi connectivity index (χ4v) is 4.43. The van der Waals surface area contributed by atoms with E-state index in [9.17, 15) is 0 Å². The molecule has 1 saturated heterocycles. The number of thiazole rings is 1. The molecule has 0 radical (unpaired) electrons. The number of aryl methyl sites for hydroxylation is 1. The predicted octanol–water partition coefficient (Wildman–Crippen LogP) is 2.07. The van der Waals surface area contributed by atoms with E-state index in [1.807, 2.05) is 24.1 Å². The standard InChI is InChI=1S/C17H24N4O2S/c1-20-12-18-8-14(20)9-21-5-6-23-17-13(2-3-15(17)21)10-22-11-16-19-4-7-24-16/h4,7-8,12-13,15,17H,2-3,5-6,9-11H2,1H3/t13-,15-,17-/m1/s1. The van der Waals surface area contributed by atoms with Crippen molar-refractivity contribution in [1.29, 1.82) is 0 Å². The summed E-state index contributed by atoms with van der Waals surface area (Å²) in [7, 11) is 2.06. The molecular weight excluding hydrogens is 324 g/mol. The van der Waals surface area contributed by atoms with E-state index in [1.165, 1.54) is 18.5 Å². The van der Waals surface area contributed by atoms with Crippen LogP contribution in [0.25, 0.3) is 0 Å². The van der Waals surface area contributed by atoms with Gasteiger partial charge < -0.3 is 14.0 Å². The Bertz CT molecular complexity index is 645. The quantitative estimate of drug-likeness (QED) is 0.800. The number of hydrogen-bond donors (Lipinski definition) is 0. The van der Waals surface area contributed by atoms with Gasteiger partial charge in [0.2, 0.25) is 0 Å². The maximum atomic E-state index is 6.12. The van der Waals surface area contributed by atoms with Crippen LogP contribution in [0, 0.1) is 5.92 Å². The second-order valence-corrected chi connectivity index (χ2v) is 7.63. The van der Waals surface area contributed by atoms with Crippen molar-refractivity contribution < 1.29 is 9.47 Å². The number of hydrogen-bond acceptors (Lipinski definition) is 6. The Kier molecular flexibility index (Phi) is 4.93. The lowest BCUT2D eigenvalue weighted by atomic mass is 10.0. The van der Waals surface area contributed by atoms with Crippen molar-refractivity contribution in [2.75, 3.05) is 19.8 Å². The summed E-state index contributed by atoms with van der Waals surface area (Å²) in [6.07, 6.45) is 8.33. The average molecular weight is 348 g/mol. The van der Waals surface area contributed by atoms with Crippen LogP contribution in [0.4, 0.5) is 0 Å². The molecular formula is C17H24N4O2S. The van der Waals surface area contributed by atoms with E-state index in [-0.39, 0.29) is 0 Å². The molecule has 24 heavy (non-hydrogen) atoms. The number of rotatable bonds is 6. The number of ether oxygens (including phenoxy) is 2. The molecule has 2 aromatic rings. The first-order valence-electron chi connectivity index (χ1n) is 8.58. The molecule has 1 aliphatic heterocycles. The highest BCUT2D eigenvalue weighted by Crippen LogP contribution is 2.35. The van der Waals surface area contributed by atoms with Gasteiger partial charge in [0.1, 0.15) is 5.01 Å². The summed E-state index contributed by atoms with van der Waals surface area (Å²) in [5.74, 6) is 0.490. The van der Waals surface area contributed by atoms with Crippen LogP contribution >= 0.6 is 11.3 Å². The smallest absolute Gasteiger partial charge is 0.118 e. The van der Waals surface area contributed by atoms with Crippen molar-refractivity contribution >= 4 is 11.3 Å². The topological polar surface area (TPSA) is 52.4 Å². The van der Waals surface area contributed by atoms with Gasteiger partial charge in [0.25, 0.3) is 0 Å². The maximum absolute atomic E-state index is 6.12. The van der Waals surface area contributed by atoms with Gasteiger partial charge in [-0.05, 0) is 12.8 Å². The van der Waals surface area contributed by atoms with Crippen LogP contribution in [0.2, 0.25) is 0 Å². The molecule has 0 bridgehead atoms. The highest BCUT2D eigenvalue weighted by Gasteiger charge is 2.42. The Morgan fingerprint density at radius 2 is 2.38 bits per heavy atom. The molecule has 0 amide bonds. The summed E-state index contributed by atoms with van der Waals surface area (Å²) < 4.78 is 14.1. The van der Waals surface area contributed by atoms with Crippen molar-refractivity contribution in [2.24, 2.45) is 13.0 Å². The zero-order valence-electron chi connectivity index (χ0n) is 14.0. The van der Waals surface area contributed by atoms with Crippen LogP contribution in [0.1, 0.15) is 23.5 Å². The molecule has 3 heterocycles. The number of imidazole rings is 1. The second kappa shape index (κ2) is 7.31. The Morgan fingerprint density at radius 3 is 3.17 bits per heavy atom. The van der Waals surface area contributed by atoms with Crippen LogP contribution < -0.4 is 0 Å². The van der Waals surface area contributed by atoms with Gasteiger partial charge in [-0.25, -0.2) is 9.97 Å². The van der Waals surface area contributed by atoms with Crippen LogP contribution in [-0.2, 0) is 29.7 Å². The van der Waals surface area contributed by atoms with Crippen molar-refractivity contribution in [3.8, 4) is 0 Å². The molecule has 3 atom stereocenters. The fourth-order valence-electron chi connectivity index (χ4n) is 3.88. The lowest BCUT2D eigenvalue weighted by Gasteiger charge is -2.39. The molecule has 6 nitrogen and oxygen atoms in total. The minimum atomic E-state index is 0.295. The molecule has 0 N–H and O–H groups in total. The number of nitrogens with zero attached hydrogens (tertiary/aromatic N) is 4. The summed E-state index contributed by atoms with van der Waals surface area (Å²) in [6, 6.07) is 0.502. The summed E-state index contributed by atoms with van der Waals surface area (Å²) >= 11 is 1.65. The van der Waals surface area contributed by atoms with Gasteiger partial charge >= 0.3 is 0 Å². The normalized spacial score (nSPS) is 27.5. The van der Waals surface area contributed by atoms with Gasteiger partial charge in [0.15, 0.2) is 0 Å². The van der Waals surface area contributed by atoms with E-state index in [0.29, 0.717) is 24.7 Å². The molecule has 0 spiro atoms. The monoisotopic (exact) mass is 348 g/mol. The Labute approximate surface area is 146 Å². The molecule has 4 rings (SSSR count). The third-order valence-electron chi connectivity index (χ3n) is 5.16. The molecule has 1 saturated carbocycles. The van der Waals surface area contributed by atoms with Gasteiger partial charge in [-0.15, -0.1) is 11.3 Å².